The van der Waals surface area contributed by atoms with Crippen LogP contribution in [0.1, 0.15) is 82.1 Å². The minimum Gasteiger partial charge on any atom is -0.207 e. The zero-order valence-corrected chi connectivity index (χ0v) is 17.3. The van der Waals surface area contributed by atoms with Crippen molar-refractivity contribution in [2.75, 3.05) is 0 Å². The van der Waals surface area contributed by atoms with E-state index in [9.17, 15) is 4.39 Å². The standard InChI is InChI=1S/C20H35F.C2H6/c1-14(2)9-11-16(5)18(7)13-20(21)19(8)17(6)12-10-15(3)4;1-2/h10,12-17H,9,11H2,1-8H3;1-2H3/b12-10-,18-13+,20-19-;. The summed E-state index contributed by atoms with van der Waals surface area (Å²) in [6.07, 6.45) is 8.31. The predicted octanol–water partition coefficient (Wildman–Crippen LogP) is 8.12. The molecule has 1 heteroatoms. The van der Waals surface area contributed by atoms with Gasteiger partial charge in [0, 0.05) is 0 Å². The van der Waals surface area contributed by atoms with Crippen LogP contribution in [0.3, 0.4) is 0 Å². The van der Waals surface area contributed by atoms with Crippen molar-refractivity contribution >= 4 is 0 Å². The Morgan fingerprint density at radius 1 is 0.870 bits per heavy atom. The van der Waals surface area contributed by atoms with Gasteiger partial charge in [-0.3, -0.25) is 0 Å². The SMILES string of the molecule is C/C(=C(F)\C=C(/C)C(C)CCC(C)C)C(C)/C=C\C(C)C.CC. The monoisotopic (exact) mass is 324 g/mol. The first-order valence-electron chi connectivity index (χ1n) is 9.37. The molecule has 0 bridgehead atoms. The van der Waals surface area contributed by atoms with Gasteiger partial charge in [0.2, 0.25) is 0 Å². The summed E-state index contributed by atoms with van der Waals surface area (Å²) in [5.41, 5.74) is 1.97. The molecule has 0 radical (unpaired) electrons. The minimum atomic E-state index is -0.0650. The normalized spacial score (nSPS) is 16.3. The van der Waals surface area contributed by atoms with E-state index in [0.29, 0.717) is 17.8 Å². The predicted molar refractivity (Wildman–Crippen MR) is 105 cm³/mol. The zero-order valence-electron chi connectivity index (χ0n) is 17.3. The van der Waals surface area contributed by atoms with Crippen LogP contribution in [0.5, 0.6) is 0 Å². The van der Waals surface area contributed by atoms with Crippen molar-refractivity contribution in [3.8, 4) is 0 Å². The third kappa shape index (κ3) is 12.3. The van der Waals surface area contributed by atoms with E-state index in [0.717, 1.165) is 17.6 Å². The molecule has 0 amide bonds. The zero-order chi connectivity index (χ0) is 18.6. The van der Waals surface area contributed by atoms with Crippen LogP contribution >= 0.6 is 0 Å². The second kappa shape index (κ2) is 13.6. The molecule has 23 heavy (non-hydrogen) atoms. The Labute approximate surface area is 146 Å². The van der Waals surface area contributed by atoms with Gasteiger partial charge in [0.25, 0.3) is 0 Å². The van der Waals surface area contributed by atoms with Gasteiger partial charge in [-0.25, -0.2) is 4.39 Å². The molecule has 0 saturated heterocycles. The molecule has 136 valence electrons. The van der Waals surface area contributed by atoms with Crippen LogP contribution in [-0.2, 0) is 0 Å². The molecule has 0 aliphatic rings. The van der Waals surface area contributed by atoms with Gasteiger partial charge in [0.05, 0.1) is 0 Å². The highest BCUT2D eigenvalue weighted by atomic mass is 19.1. The fourth-order valence-corrected chi connectivity index (χ4v) is 2.02. The van der Waals surface area contributed by atoms with Gasteiger partial charge < -0.3 is 0 Å². The fraction of sp³-hybridized carbons (Fsp3) is 0.727. The summed E-state index contributed by atoms with van der Waals surface area (Å²) >= 11 is 0. The molecular formula is C22H41F. The van der Waals surface area contributed by atoms with Gasteiger partial charge in [-0.2, -0.15) is 0 Å². The van der Waals surface area contributed by atoms with Gasteiger partial charge in [-0.05, 0) is 55.6 Å². The summed E-state index contributed by atoms with van der Waals surface area (Å²) in [5.74, 6) is 1.76. The smallest absolute Gasteiger partial charge is 0.122 e. The highest BCUT2D eigenvalue weighted by molar-refractivity contribution is 5.26. The number of halogens is 1. The summed E-state index contributed by atoms with van der Waals surface area (Å²) in [6.45, 7) is 20.9. The van der Waals surface area contributed by atoms with Gasteiger partial charge in [-0.1, -0.05) is 79.5 Å². The largest absolute Gasteiger partial charge is 0.207 e. The maximum absolute atomic E-state index is 14.4. The van der Waals surface area contributed by atoms with E-state index in [1.807, 2.05) is 27.7 Å². The third-order valence-corrected chi connectivity index (χ3v) is 4.15. The van der Waals surface area contributed by atoms with Crippen molar-refractivity contribution in [1.82, 2.24) is 0 Å². The van der Waals surface area contributed by atoms with Crippen molar-refractivity contribution in [2.24, 2.45) is 23.7 Å². The molecule has 0 aromatic carbocycles. The van der Waals surface area contributed by atoms with Crippen LogP contribution in [0.2, 0.25) is 0 Å². The topological polar surface area (TPSA) is 0 Å². The Morgan fingerprint density at radius 2 is 1.39 bits per heavy atom. The van der Waals surface area contributed by atoms with Gasteiger partial charge in [0.15, 0.2) is 0 Å². The highest BCUT2D eigenvalue weighted by Gasteiger charge is 2.10. The number of allylic oxidation sites excluding steroid dienone is 6. The average molecular weight is 325 g/mol. The number of rotatable bonds is 8. The van der Waals surface area contributed by atoms with E-state index in [1.54, 1.807) is 6.08 Å². The Hall–Kier alpha value is -0.850. The van der Waals surface area contributed by atoms with Gasteiger partial charge in [-0.15, -0.1) is 0 Å². The van der Waals surface area contributed by atoms with Crippen molar-refractivity contribution < 1.29 is 4.39 Å². The first kappa shape index (κ1) is 24.4. The van der Waals surface area contributed by atoms with Gasteiger partial charge >= 0.3 is 0 Å². The number of hydrogen-bond acceptors (Lipinski definition) is 0. The fourth-order valence-electron chi connectivity index (χ4n) is 2.02. The maximum atomic E-state index is 14.4. The van der Waals surface area contributed by atoms with Crippen molar-refractivity contribution in [2.45, 2.75) is 82.1 Å². The Balaban J connectivity index is 0. The summed E-state index contributed by atoms with van der Waals surface area (Å²) in [5, 5.41) is 0. The van der Waals surface area contributed by atoms with Gasteiger partial charge in [0.1, 0.15) is 5.83 Å². The highest BCUT2D eigenvalue weighted by Crippen LogP contribution is 2.24. The van der Waals surface area contributed by atoms with Crippen molar-refractivity contribution in [3.05, 3.63) is 35.2 Å². The first-order valence-corrected chi connectivity index (χ1v) is 9.37. The van der Waals surface area contributed by atoms with E-state index in [-0.39, 0.29) is 11.7 Å². The molecular weight excluding hydrogens is 283 g/mol. The molecule has 0 aromatic heterocycles. The molecule has 0 heterocycles. The molecule has 0 nitrogen and oxygen atoms in total. The molecule has 0 fully saturated rings. The van der Waals surface area contributed by atoms with Crippen LogP contribution in [0.25, 0.3) is 0 Å². The summed E-state index contributed by atoms with van der Waals surface area (Å²) in [7, 11) is 0. The Bertz CT molecular complexity index is 383. The summed E-state index contributed by atoms with van der Waals surface area (Å²) < 4.78 is 14.4. The lowest BCUT2D eigenvalue weighted by Crippen LogP contribution is -2.01. The quantitative estimate of drug-likeness (QED) is 0.312. The molecule has 0 saturated carbocycles. The lowest BCUT2D eigenvalue weighted by atomic mass is 9.92. The van der Waals surface area contributed by atoms with E-state index < -0.39 is 0 Å². The molecule has 0 aliphatic carbocycles. The third-order valence-electron chi connectivity index (χ3n) is 4.15. The van der Waals surface area contributed by atoms with Crippen molar-refractivity contribution in [1.29, 1.82) is 0 Å². The van der Waals surface area contributed by atoms with Crippen molar-refractivity contribution in [3.63, 3.8) is 0 Å². The lowest BCUT2D eigenvalue weighted by molar-refractivity contribution is 0.487. The molecule has 0 aromatic rings. The van der Waals surface area contributed by atoms with Crippen LogP contribution in [0.4, 0.5) is 4.39 Å². The number of hydrogen-bond donors (Lipinski definition) is 0. The second-order valence-electron chi connectivity index (χ2n) is 7.21. The minimum absolute atomic E-state index is 0.0650. The van der Waals surface area contributed by atoms with Crippen LogP contribution in [-0.4, -0.2) is 0 Å². The van der Waals surface area contributed by atoms with E-state index >= 15 is 0 Å². The molecule has 2 atom stereocenters. The van der Waals surface area contributed by atoms with E-state index in [2.05, 4.69) is 53.7 Å². The van der Waals surface area contributed by atoms with Crippen LogP contribution in [0, 0.1) is 23.7 Å². The molecule has 0 aliphatic heterocycles. The molecule has 2 unspecified atom stereocenters. The molecule has 0 rings (SSSR count). The van der Waals surface area contributed by atoms with Crippen LogP contribution in [0.15, 0.2) is 35.2 Å². The Kier molecular flexibility index (Phi) is 14.4. The first-order chi connectivity index (χ1) is 10.6. The summed E-state index contributed by atoms with van der Waals surface area (Å²) in [6, 6.07) is 0. The maximum Gasteiger partial charge on any atom is 0.122 e. The van der Waals surface area contributed by atoms with E-state index in [4.69, 9.17) is 0 Å². The van der Waals surface area contributed by atoms with E-state index in [1.165, 1.54) is 6.42 Å². The second-order valence-corrected chi connectivity index (χ2v) is 7.21. The molecule has 0 N–H and O–H groups in total. The molecule has 0 spiro atoms. The lowest BCUT2D eigenvalue weighted by Gasteiger charge is -2.14. The summed E-state index contributed by atoms with van der Waals surface area (Å²) in [4.78, 5) is 0. The Morgan fingerprint density at radius 3 is 1.83 bits per heavy atom. The van der Waals surface area contributed by atoms with Crippen LogP contribution < -0.4 is 0 Å². The average Bonchev–Trinajstić information content (AvgIpc) is 2.50.